The van der Waals surface area contributed by atoms with Crippen molar-refractivity contribution in [2.75, 3.05) is 0 Å². The quantitative estimate of drug-likeness (QED) is 0.587. The molecule has 1 aromatic heterocycles. The number of pyridine rings is 1. The van der Waals surface area contributed by atoms with Crippen LogP contribution in [0.1, 0.15) is 12.8 Å². The molecule has 0 aliphatic rings. The van der Waals surface area contributed by atoms with Gasteiger partial charge in [-0.25, -0.2) is 0 Å². The zero-order chi connectivity index (χ0) is 9.68. The Balaban J connectivity index is 2.70. The lowest BCUT2D eigenvalue weighted by molar-refractivity contribution is 0.627. The topological polar surface area (TPSA) is 22.0 Å². The van der Waals surface area contributed by atoms with Gasteiger partial charge >= 0.3 is 0 Å². The smallest absolute Gasteiger partial charge is 0.250 e. The van der Waals surface area contributed by atoms with Gasteiger partial charge in [-0.3, -0.25) is 4.79 Å². The van der Waals surface area contributed by atoms with Crippen LogP contribution in [0.15, 0.2) is 40.3 Å². The highest BCUT2D eigenvalue weighted by molar-refractivity contribution is 9.10. The number of unbranched alkanes of at least 4 members (excludes halogenated alkanes) is 1. The molecule has 0 N–H and O–H groups in total. The number of allylic oxidation sites excluding steroid dienone is 1. The average molecular weight is 242 g/mol. The molecule has 0 saturated heterocycles. The van der Waals surface area contributed by atoms with Crippen LogP contribution in [-0.2, 0) is 6.54 Å². The van der Waals surface area contributed by atoms with Crippen molar-refractivity contribution >= 4 is 15.9 Å². The minimum Gasteiger partial charge on any atom is -0.314 e. The summed E-state index contributed by atoms with van der Waals surface area (Å²) < 4.78 is 2.64. The summed E-state index contributed by atoms with van der Waals surface area (Å²) in [5.41, 5.74) is 0.0484. The molecule has 0 atom stereocenters. The lowest BCUT2D eigenvalue weighted by Crippen LogP contribution is -2.17. The maximum Gasteiger partial charge on any atom is 0.250 e. The Bertz CT molecular complexity index is 343. The van der Waals surface area contributed by atoms with Crippen LogP contribution in [0.2, 0.25) is 0 Å². The summed E-state index contributed by atoms with van der Waals surface area (Å²) in [6.07, 6.45) is 5.58. The van der Waals surface area contributed by atoms with Crippen LogP contribution in [0.25, 0.3) is 0 Å². The fourth-order valence-corrected chi connectivity index (χ4v) is 1.46. The highest BCUT2D eigenvalue weighted by atomic mass is 79.9. The third-order valence-electron chi connectivity index (χ3n) is 1.75. The van der Waals surface area contributed by atoms with Crippen LogP contribution in [0.3, 0.4) is 0 Å². The third kappa shape index (κ3) is 3.19. The van der Waals surface area contributed by atoms with Crippen LogP contribution >= 0.6 is 15.9 Å². The van der Waals surface area contributed by atoms with Crippen molar-refractivity contribution in [3.8, 4) is 0 Å². The molecular weight excluding hydrogens is 230 g/mol. The molecule has 0 saturated carbocycles. The van der Waals surface area contributed by atoms with Crippen molar-refractivity contribution in [3.05, 3.63) is 45.8 Å². The van der Waals surface area contributed by atoms with E-state index in [4.69, 9.17) is 0 Å². The fraction of sp³-hybridized carbons (Fsp3) is 0.300. The monoisotopic (exact) mass is 241 g/mol. The lowest BCUT2D eigenvalue weighted by atomic mass is 10.3. The predicted octanol–water partition coefficient (Wildman–Crippen LogP) is 2.58. The first-order chi connectivity index (χ1) is 6.24. The Kier molecular flexibility index (Phi) is 3.96. The molecule has 0 aromatic carbocycles. The molecule has 0 aliphatic heterocycles. The molecule has 0 unspecified atom stereocenters. The fourth-order valence-electron chi connectivity index (χ4n) is 1.08. The average Bonchev–Trinajstić information content (AvgIpc) is 2.11. The van der Waals surface area contributed by atoms with Gasteiger partial charge in [0.05, 0.1) is 0 Å². The summed E-state index contributed by atoms with van der Waals surface area (Å²) in [5, 5.41) is 0. The standard InChI is InChI=1S/C10H12BrNO/c1-2-3-4-7-12-8-9(11)5-6-10(12)13/h2,5-6,8H,1,3-4,7H2. The van der Waals surface area contributed by atoms with Crippen LogP contribution in [0, 0.1) is 0 Å². The Labute approximate surface area is 86.0 Å². The second kappa shape index (κ2) is 5.02. The number of aromatic nitrogens is 1. The molecule has 1 heterocycles. The van der Waals surface area contributed by atoms with Crippen molar-refractivity contribution in [1.82, 2.24) is 4.57 Å². The summed E-state index contributed by atoms with van der Waals surface area (Å²) in [6, 6.07) is 3.32. The molecule has 13 heavy (non-hydrogen) atoms. The molecule has 0 fully saturated rings. The van der Waals surface area contributed by atoms with Gasteiger partial charge in [-0.05, 0) is 34.8 Å². The highest BCUT2D eigenvalue weighted by Crippen LogP contribution is 2.05. The molecule has 2 nitrogen and oxygen atoms in total. The zero-order valence-electron chi connectivity index (χ0n) is 7.37. The Morgan fingerprint density at radius 2 is 2.31 bits per heavy atom. The van der Waals surface area contributed by atoms with E-state index in [1.165, 1.54) is 0 Å². The number of aryl methyl sites for hydroxylation is 1. The summed E-state index contributed by atoms with van der Waals surface area (Å²) >= 11 is 3.33. The van der Waals surface area contributed by atoms with E-state index in [9.17, 15) is 4.79 Å². The van der Waals surface area contributed by atoms with Crippen molar-refractivity contribution in [1.29, 1.82) is 0 Å². The molecule has 3 heteroatoms. The molecule has 0 amide bonds. The second-order valence-electron chi connectivity index (χ2n) is 2.81. The number of hydrogen-bond acceptors (Lipinski definition) is 1. The van der Waals surface area contributed by atoms with Crippen LogP contribution in [0.4, 0.5) is 0 Å². The van der Waals surface area contributed by atoms with Gasteiger partial charge in [-0.15, -0.1) is 6.58 Å². The summed E-state index contributed by atoms with van der Waals surface area (Å²) in [6.45, 7) is 4.39. The zero-order valence-corrected chi connectivity index (χ0v) is 8.96. The van der Waals surface area contributed by atoms with Gasteiger partial charge < -0.3 is 4.57 Å². The third-order valence-corrected chi connectivity index (χ3v) is 2.22. The number of hydrogen-bond donors (Lipinski definition) is 0. The van der Waals surface area contributed by atoms with E-state index >= 15 is 0 Å². The summed E-state index contributed by atoms with van der Waals surface area (Å²) in [7, 11) is 0. The first kappa shape index (κ1) is 10.3. The first-order valence-electron chi connectivity index (χ1n) is 4.21. The molecule has 0 spiro atoms. The van der Waals surface area contributed by atoms with Gasteiger partial charge in [0.15, 0.2) is 0 Å². The van der Waals surface area contributed by atoms with E-state index in [-0.39, 0.29) is 5.56 Å². The minimum atomic E-state index is 0.0484. The molecule has 0 radical (unpaired) electrons. The summed E-state index contributed by atoms with van der Waals surface area (Å²) in [5.74, 6) is 0. The normalized spacial score (nSPS) is 9.92. The highest BCUT2D eigenvalue weighted by Gasteiger charge is 1.95. The van der Waals surface area contributed by atoms with E-state index in [1.54, 1.807) is 16.7 Å². The molecular formula is C10H12BrNO. The van der Waals surface area contributed by atoms with Crippen molar-refractivity contribution in [2.45, 2.75) is 19.4 Å². The lowest BCUT2D eigenvalue weighted by Gasteiger charge is -2.03. The minimum absolute atomic E-state index is 0.0484. The van der Waals surface area contributed by atoms with E-state index < -0.39 is 0 Å². The Hall–Kier alpha value is -0.830. The van der Waals surface area contributed by atoms with Gasteiger partial charge in [-0.1, -0.05) is 6.08 Å². The number of halogens is 1. The van der Waals surface area contributed by atoms with E-state index in [1.807, 2.05) is 12.3 Å². The Morgan fingerprint density at radius 3 is 3.00 bits per heavy atom. The van der Waals surface area contributed by atoms with E-state index in [2.05, 4.69) is 22.5 Å². The van der Waals surface area contributed by atoms with Gasteiger partial charge in [0, 0.05) is 23.3 Å². The second-order valence-corrected chi connectivity index (χ2v) is 3.73. The number of nitrogens with zero attached hydrogens (tertiary/aromatic N) is 1. The van der Waals surface area contributed by atoms with E-state index in [0.717, 1.165) is 23.9 Å². The van der Waals surface area contributed by atoms with Gasteiger partial charge in [0.25, 0.3) is 5.56 Å². The molecule has 0 bridgehead atoms. The van der Waals surface area contributed by atoms with Crippen molar-refractivity contribution in [2.24, 2.45) is 0 Å². The first-order valence-corrected chi connectivity index (χ1v) is 5.00. The van der Waals surface area contributed by atoms with Gasteiger partial charge in [-0.2, -0.15) is 0 Å². The molecule has 1 rings (SSSR count). The molecule has 70 valence electrons. The van der Waals surface area contributed by atoms with Gasteiger partial charge in [0.1, 0.15) is 0 Å². The van der Waals surface area contributed by atoms with Crippen LogP contribution in [0.5, 0.6) is 0 Å². The Morgan fingerprint density at radius 1 is 1.54 bits per heavy atom. The maximum absolute atomic E-state index is 11.3. The molecule has 1 aromatic rings. The molecule has 0 aliphatic carbocycles. The van der Waals surface area contributed by atoms with Crippen LogP contribution in [-0.4, -0.2) is 4.57 Å². The summed E-state index contributed by atoms with van der Waals surface area (Å²) in [4.78, 5) is 11.3. The largest absolute Gasteiger partial charge is 0.314 e. The van der Waals surface area contributed by atoms with Gasteiger partial charge in [0.2, 0.25) is 0 Å². The van der Waals surface area contributed by atoms with Crippen molar-refractivity contribution in [3.63, 3.8) is 0 Å². The predicted molar refractivity (Wildman–Crippen MR) is 57.8 cm³/mol. The maximum atomic E-state index is 11.3. The van der Waals surface area contributed by atoms with Crippen molar-refractivity contribution < 1.29 is 0 Å². The van der Waals surface area contributed by atoms with E-state index in [0.29, 0.717) is 0 Å². The van der Waals surface area contributed by atoms with Crippen LogP contribution < -0.4 is 5.56 Å². The number of rotatable bonds is 4. The SMILES string of the molecule is C=CCCCn1cc(Br)ccc1=O.